The zero-order valence-electron chi connectivity index (χ0n) is 26.1. The lowest BCUT2D eigenvalue weighted by Crippen LogP contribution is -2.09. The first-order valence-electron chi connectivity index (χ1n) is 15.7. The molecule has 7 rings (SSSR count). The highest BCUT2D eigenvalue weighted by Crippen LogP contribution is 2.41. The van der Waals surface area contributed by atoms with Crippen molar-refractivity contribution in [2.24, 2.45) is 0 Å². The van der Waals surface area contributed by atoms with E-state index in [9.17, 15) is 5.26 Å². The van der Waals surface area contributed by atoms with Gasteiger partial charge in [-0.1, -0.05) is 119 Å². The summed E-state index contributed by atoms with van der Waals surface area (Å²) >= 11 is 0. The Morgan fingerprint density at radius 1 is 0.578 bits per heavy atom. The van der Waals surface area contributed by atoms with E-state index in [-0.39, 0.29) is 11.8 Å². The van der Waals surface area contributed by atoms with Crippen molar-refractivity contribution in [1.29, 1.82) is 5.26 Å². The highest BCUT2D eigenvalue weighted by Gasteiger charge is 2.24. The van der Waals surface area contributed by atoms with Gasteiger partial charge in [-0.3, -0.25) is 4.57 Å². The third-order valence-corrected chi connectivity index (χ3v) is 8.76. The zero-order valence-corrected chi connectivity index (χ0v) is 26.1. The molecule has 0 saturated heterocycles. The number of benzene rings is 6. The summed E-state index contributed by atoms with van der Waals surface area (Å²) in [5.41, 5.74) is 12.2. The summed E-state index contributed by atoms with van der Waals surface area (Å²) in [5.74, 6) is 1.38. The van der Waals surface area contributed by atoms with Crippen LogP contribution >= 0.6 is 0 Å². The molecule has 218 valence electrons. The van der Waals surface area contributed by atoms with E-state index in [1.807, 2.05) is 30.3 Å². The van der Waals surface area contributed by atoms with E-state index in [1.54, 1.807) is 0 Å². The summed E-state index contributed by atoms with van der Waals surface area (Å²) in [7, 11) is 0. The minimum atomic E-state index is 0.265. The number of nitriles is 1. The van der Waals surface area contributed by atoms with Crippen molar-refractivity contribution in [3.8, 4) is 45.4 Å². The van der Waals surface area contributed by atoms with E-state index in [0.717, 1.165) is 33.2 Å². The highest BCUT2D eigenvalue weighted by molar-refractivity contribution is 5.93. The monoisotopic (exact) mass is 581 g/mol. The molecule has 0 atom stereocenters. The first-order chi connectivity index (χ1) is 21.9. The maximum atomic E-state index is 10.1. The predicted octanol–water partition coefficient (Wildman–Crippen LogP) is 11.3. The number of aromatic nitrogens is 2. The van der Waals surface area contributed by atoms with Gasteiger partial charge in [0.2, 0.25) is 0 Å². The summed E-state index contributed by atoms with van der Waals surface area (Å²) in [6.45, 7) is 9.09. The third kappa shape index (κ3) is 5.09. The molecule has 1 aromatic heterocycles. The van der Waals surface area contributed by atoms with Gasteiger partial charge in [-0.2, -0.15) is 5.26 Å². The molecule has 3 nitrogen and oxygen atoms in total. The van der Waals surface area contributed by atoms with Crippen LogP contribution in [0.5, 0.6) is 0 Å². The SMILES string of the molecule is CC(C)c1cc(-c2ccc(-c3ccccc3)cc2)cc(C(C)C)c1-n1c(-c2cc(C#N)c3ccccc3c2)nc2ccccc21. The third-order valence-electron chi connectivity index (χ3n) is 8.76. The predicted molar refractivity (Wildman–Crippen MR) is 188 cm³/mol. The minimum Gasteiger partial charge on any atom is -0.292 e. The van der Waals surface area contributed by atoms with Crippen molar-refractivity contribution >= 4 is 21.8 Å². The lowest BCUT2D eigenvalue weighted by molar-refractivity contribution is 0.811. The minimum absolute atomic E-state index is 0.265. The molecule has 3 heteroatoms. The van der Waals surface area contributed by atoms with Gasteiger partial charge < -0.3 is 0 Å². The summed E-state index contributed by atoms with van der Waals surface area (Å²) in [5, 5.41) is 12.1. The van der Waals surface area contributed by atoms with Crippen LogP contribution < -0.4 is 0 Å². The standard InChI is InChI=1S/C42H35N3/c1-27(2)37-24-33(31-20-18-30(19-21-31)29-12-6-5-7-13-29)25-38(28(3)4)41(37)45-40-17-11-10-16-39(40)44-42(45)34-22-32-14-8-9-15-36(32)35(23-34)26-43/h5-25,27-28H,1-4H3. The molecule has 6 aromatic carbocycles. The van der Waals surface area contributed by atoms with Crippen LogP contribution in [0.15, 0.2) is 127 Å². The average molecular weight is 582 g/mol. The lowest BCUT2D eigenvalue weighted by Gasteiger charge is -2.24. The lowest BCUT2D eigenvalue weighted by atomic mass is 9.87. The molecule has 0 spiro atoms. The molecule has 0 aliphatic carbocycles. The molecule has 0 aliphatic rings. The van der Waals surface area contributed by atoms with Crippen LogP contribution in [0.4, 0.5) is 0 Å². The molecule has 0 radical (unpaired) electrons. The fourth-order valence-corrected chi connectivity index (χ4v) is 6.45. The normalized spacial score (nSPS) is 11.5. The molecule has 7 aromatic rings. The average Bonchev–Trinajstić information content (AvgIpc) is 3.47. The smallest absolute Gasteiger partial charge is 0.145 e. The molecule has 0 aliphatic heterocycles. The second-order valence-electron chi connectivity index (χ2n) is 12.4. The van der Waals surface area contributed by atoms with E-state index in [0.29, 0.717) is 5.56 Å². The van der Waals surface area contributed by atoms with Crippen LogP contribution in [0.2, 0.25) is 0 Å². The molecular formula is C42H35N3. The fraction of sp³-hybridized carbons (Fsp3) is 0.143. The van der Waals surface area contributed by atoms with Crippen molar-refractivity contribution in [1.82, 2.24) is 9.55 Å². The Balaban J connectivity index is 1.47. The topological polar surface area (TPSA) is 41.6 Å². The number of para-hydroxylation sites is 2. The molecule has 0 unspecified atom stereocenters. The van der Waals surface area contributed by atoms with Crippen LogP contribution in [0.25, 0.3) is 61.1 Å². The zero-order chi connectivity index (χ0) is 31.1. The molecular weight excluding hydrogens is 546 g/mol. The summed E-state index contributed by atoms with van der Waals surface area (Å²) in [4.78, 5) is 5.22. The Morgan fingerprint density at radius 3 is 1.82 bits per heavy atom. The van der Waals surface area contributed by atoms with Crippen molar-refractivity contribution in [2.45, 2.75) is 39.5 Å². The first-order valence-corrected chi connectivity index (χ1v) is 15.7. The van der Waals surface area contributed by atoms with Gasteiger partial charge in [0, 0.05) is 5.56 Å². The van der Waals surface area contributed by atoms with Gasteiger partial charge in [0.05, 0.1) is 28.4 Å². The molecule has 0 amide bonds. The van der Waals surface area contributed by atoms with Gasteiger partial charge in [-0.05, 0) is 92.4 Å². The summed E-state index contributed by atoms with van der Waals surface area (Å²) < 4.78 is 2.34. The Labute approximate surface area is 265 Å². The molecule has 0 bridgehead atoms. The first kappa shape index (κ1) is 28.3. The maximum absolute atomic E-state index is 10.1. The van der Waals surface area contributed by atoms with Gasteiger partial charge in [0.25, 0.3) is 0 Å². The number of imidazole rings is 1. The number of nitrogens with zero attached hydrogens (tertiary/aromatic N) is 3. The molecule has 0 N–H and O–H groups in total. The van der Waals surface area contributed by atoms with E-state index in [1.165, 1.54) is 39.1 Å². The quantitative estimate of drug-likeness (QED) is 0.196. The number of fused-ring (bicyclic) bond motifs is 2. The molecule has 0 fully saturated rings. The second-order valence-corrected chi connectivity index (χ2v) is 12.4. The molecule has 1 heterocycles. The fourth-order valence-electron chi connectivity index (χ4n) is 6.45. The van der Waals surface area contributed by atoms with Crippen molar-refractivity contribution in [3.63, 3.8) is 0 Å². The van der Waals surface area contributed by atoms with Gasteiger partial charge in [0.1, 0.15) is 5.82 Å². The molecule has 45 heavy (non-hydrogen) atoms. The Kier molecular flexibility index (Phi) is 7.28. The largest absolute Gasteiger partial charge is 0.292 e. The molecule has 0 saturated carbocycles. The van der Waals surface area contributed by atoms with Gasteiger partial charge >= 0.3 is 0 Å². The van der Waals surface area contributed by atoms with Crippen LogP contribution in [0.3, 0.4) is 0 Å². The van der Waals surface area contributed by atoms with Crippen LogP contribution in [0.1, 0.15) is 56.2 Å². The van der Waals surface area contributed by atoms with Crippen molar-refractivity contribution < 1.29 is 0 Å². The van der Waals surface area contributed by atoms with Gasteiger partial charge in [0.15, 0.2) is 0 Å². The van der Waals surface area contributed by atoms with Crippen LogP contribution in [-0.2, 0) is 0 Å². The van der Waals surface area contributed by atoms with E-state index < -0.39 is 0 Å². The van der Waals surface area contributed by atoms with E-state index in [4.69, 9.17) is 4.98 Å². The van der Waals surface area contributed by atoms with Gasteiger partial charge in [-0.25, -0.2) is 4.98 Å². The number of hydrogen-bond donors (Lipinski definition) is 0. The van der Waals surface area contributed by atoms with Crippen molar-refractivity contribution in [3.05, 3.63) is 144 Å². The van der Waals surface area contributed by atoms with E-state index >= 15 is 0 Å². The summed E-state index contributed by atoms with van der Waals surface area (Å²) in [6.07, 6.45) is 0. The highest BCUT2D eigenvalue weighted by atomic mass is 15.1. The second kappa shape index (κ2) is 11.6. The Bertz CT molecular complexity index is 2180. The van der Waals surface area contributed by atoms with Crippen molar-refractivity contribution in [2.75, 3.05) is 0 Å². The Morgan fingerprint density at radius 2 is 1.16 bits per heavy atom. The number of rotatable bonds is 6. The maximum Gasteiger partial charge on any atom is 0.145 e. The number of hydrogen-bond acceptors (Lipinski definition) is 2. The van der Waals surface area contributed by atoms with E-state index in [2.05, 4.69) is 135 Å². The summed E-state index contributed by atoms with van der Waals surface area (Å²) in [6, 6.07) is 47.2. The van der Waals surface area contributed by atoms with Crippen LogP contribution in [-0.4, -0.2) is 9.55 Å². The van der Waals surface area contributed by atoms with Gasteiger partial charge in [-0.15, -0.1) is 0 Å². The van der Waals surface area contributed by atoms with Crippen LogP contribution in [0, 0.1) is 11.3 Å². The Hall–Kier alpha value is -5.46.